The zero-order chi connectivity index (χ0) is 22.1. The summed E-state index contributed by atoms with van der Waals surface area (Å²) < 4.78 is 28.0. The number of carbonyl (C=O) groups is 1. The molecule has 0 N–H and O–H groups in total. The van der Waals surface area contributed by atoms with Crippen LogP contribution >= 0.6 is 11.8 Å². The van der Waals surface area contributed by atoms with Crippen molar-refractivity contribution in [1.29, 1.82) is 0 Å². The molecule has 1 atom stereocenters. The van der Waals surface area contributed by atoms with E-state index < -0.39 is 5.25 Å². The Morgan fingerprint density at radius 3 is 2.31 bits per heavy atom. The molecule has 160 valence electrons. The van der Waals surface area contributed by atoms with Crippen molar-refractivity contribution < 1.29 is 13.6 Å². The number of fused-ring (bicyclic) bond motifs is 1. The largest absolute Gasteiger partial charge is 0.305 e. The molecule has 0 bridgehead atoms. The van der Waals surface area contributed by atoms with Crippen LogP contribution in [0.5, 0.6) is 0 Å². The van der Waals surface area contributed by atoms with Crippen molar-refractivity contribution in [2.24, 2.45) is 0 Å². The van der Waals surface area contributed by atoms with Crippen LogP contribution in [0.15, 0.2) is 83.9 Å². The van der Waals surface area contributed by atoms with Gasteiger partial charge >= 0.3 is 0 Å². The Morgan fingerprint density at radius 1 is 0.875 bits per heavy atom. The second kappa shape index (κ2) is 8.55. The lowest BCUT2D eigenvalue weighted by Gasteiger charge is -2.16. The predicted molar refractivity (Wildman–Crippen MR) is 118 cm³/mol. The fraction of sp³-hybridized carbons (Fsp3) is 0.125. The van der Waals surface area contributed by atoms with E-state index in [0.717, 1.165) is 21.7 Å². The number of carbonyl (C=O) groups excluding carboxylic acids is 1. The molecule has 0 aliphatic carbocycles. The summed E-state index contributed by atoms with van der Waals surface area (Å²) in [5, 5.41) is 7.95. The molecule has 1 aliphatic heterocycles. The van der Waals surface area contributed by atoms with Gasteiger partial charge in [-0.15, -0.1) is 16.9 Å². The molecule has 8 heteroatoms. The van der Waals surface area contributed by atoms with Gasteiger partial charge in [0.15, 0.2) is 0 Å². The number of aromatic nitrogens is 3. The van der Waals surface area contributed by atoms with Crippen LogP contribution in [0.3, 0.4) is 0 Å². The predicted octanol–water partition coefficient (Wildman–Crippen LogP) is 4.98. The van der Waals surface area contributed by atoms with Crippen LogP contribution in [0.1, 0.15) is 22.1 Å². The highest BCUT2D eigenvalue weighted by Gasteiger charge is 2.38. The average molecular weight is 448 g/mol. The molecule has 1 amide bonds. The van der Waals surface area contributed by atoms with Crippen LogP contribution in [0, 0.1) is 11.6 Å². The summed E-state index contributed by atoms with van der Waals surface area (Å²) in [6.45, 7) is 0.751. The van der Waals surface area contributed by atoms with Crippen molar-refractivity contribution >= 4 is 23.4 Å². The van der Waals surface area contributed by atoms with Crippen molar-refractivity contribution in [2.75, 3.05) is 4.90 Å². The highest BCUT2D eigenvalue weighted by molar-refractivity contribution is 8.00. The van der Waals surface area contributed by atoms with Crippen LogP contribution in [0.2, 0.25) is 0 Å². The molecule has 0 radical (unpaired) electrons. The van der Waals surface area contributed by atoms with Gasteiger partial charge in [-0.3, -0.25) is 4.79 Å². The second-order valence-corrected chi connectivity index (χ2v) is 8.65. The Hall–Kier alpha value is -3.52. The van der Waals surface area contributed by atoms with Gasteiger partial charge in [-0.05, 0) is 53.6 Å². The van der Waals surface area contributed by atoms with Crippen molar-refractivity contribution in [3.63, 3.8) is 0 Å². The van der Waals surface area contributed by atoms with E-state index in [1.165, 1.54) is 36.0 Å². The van der Waals surface area contributed by atoms with Gasteiger partial charge in [-0.25, -0.2) is 13.5 Å². The molecule has 5 rings (SSSR count). The zero-order valence-electron chi connectivity index (χ0n) is 16.9. The van der Waals surface area contributed by atoms with Gasteiger partial charge in [0.1, 0.15) is 22.6 Å². The van der Waals surface area contributed by atoms with E-state index in [-0.39, 0.29) is 17.5 Å². The van der Waals surface area contributed by atoms with Crippen molar-refractivity contribution in [3.05, 3.63) is 107 Å². The fourth-order valence-corrected chi connectivity index (χ4v) is 4.82. The van der Waals surface area contributed by atoms with E-state index >= 15 is 0 Å². The van der Waals surface area contributed by atoms with Gasteiger partial charge in [-0.2, -0.15) is 0 Å². The summed E-state index contributed by atoms with van der Waals surface area (Å²) >= 11 is 1.40. The Bertz CT molecular complexity index is 1260. The summed E-state index contributed by atoms with van der Waals surface area (Å²) in [5.74, 6) is -0.640. The second-order valence-electron chi connectivity index (χ2n) is 7.47. The number of halogens is 2. The third kappa shape index (κ3) is 4.13. The minimum absolute atomic E-state index is 0.0476. The van der Waals surface area contributed by atoms with E-state index in [1.54, 1.807) is 40.0 Å². The lowest BCUT2D eigenvalue weighted by molar-refractivity contribution is -0.117. The topological polar surface area (TPSA) is 51.0 Å². The molecule has 32 heavy (non-hydrogen) atoms. The molecule has 0 saturated heterocycles. The zero-order valence-corrected chi connectivity index (χ0v) is 17.7. The van der Waals surface area contributed by atoms with Gasteiger partial charge in [0.25, 0.3) is 0 Å². The molecular formula is C24H18F2N4OS. The quantitative estimate of drug-likeness (QED) is 0.417. The van der Waals surface area contributed by atoms with Crippen molar-refractivity contribution in [3.8, 4) is 0 Å². The van der Waals surface area contributed by atoms with Gasteiger partial charge in [0.2, 0.25) is 5.91 Å². The molecule has 3 aromatic carbocycles. The van der Waals surface area contributed by atoms with E-state index in [2.05, 4.69) is 10.3 Å². The van der Waals surface area contributed by atoms with Crippen molar-refractivity contribution in [1.82, 2.24) is 15.0 Å². The van der Waals surface area contributed by atoms with E-state index in [1.807, 2.05) is 24.3 Å². The maximum absolute atomic E-state index is 13.3. The Balaban J connectivity index is 1.35. The smallest absolute Gasteiger partial charge is 0.245 e. The van der Waals surface area contributed by atoms with Crippen LogP contribution < -0.4 is 4.90 Å². The lowest BCUT2D eigenvalue weighted by Crippen LogP contribution is -2.27. The first kappa shape index (κ1) is 20.4. The molecule has 2 heterocycles. The number of nitrogens with zero attached hydrogens (tertiary/aromatic N) is 4. The molecule has 1 unspecified atom stereocenters. The Morgan fingerprint density at radius 2 is 1.56 bits per heavy atom. The molecule has 0 fully saturated rings. The van der Waals surface area contributed by atoms with E-state index in [0.29, 0.717) is 18.8 Å². The molecule has 4 aromatic rings. The Kier molecular flexibility index (Phi) is 5.45. The summed E-state index contributed by atoms with van der Waals surface area (Å²) in [7, 11) is 0. The molecule has 0 spiro atoms. The number of thioether (sulfide) groups is 1. The molecule has 0 saturated carbocycles. The van der Waals surface area contributed by atoms with Gasteiger partial charge in [-0.1, -0.05) is 35.5 Å². The van der Waals surface area contributed by atoms with Crippen molar-refractivity contribution in [2.45, 2.75) is 23.2 Å². The number of para-hydroxylation sites is 1. The first-order valence-corrected chi connectivity index (χ1v) is 10.9. The third-order valence-corrected chi connectivity index (χ3v) is 6.47. The summed E-state index contributed by atoms with van der Waals surface area (Å²) in [5.41, 5.74) is 3.32. The number of hydrogen-bond acceptors (Lipinski definition) is 4. The standard InChI is InChI=1S/C24H18F2N4OS/c25-17-7-5-16(6-8-17)13-29-14-19(27-28-29)15-30-22-4-2-1-3-21(22)23(24(30)31)32-20-11-9-18(26)10-12-20/h1-12,14,23H,13,15H2. The highest BCUT2D eigenvalue weighted by atomic mass is 32.2. The molecule has 1 aliphatic rings. The minimum Gasteiger partial charge on any atom is -0.305 e. The summed E-state index contributed by atoms with van der Waals surface area (Å²) in [6, 6.07) is 20.0. The van der Waals surface area contributed by atoms with Crippen LogP contribution in [0.4, 0.5) is 14.5 Å². The Labute approximate surface area is 187 Å². The highest BCUT2D eigenvalue weighted by Crippen LogP contribution is 2.46. The fourth-order valence-electron chi connectivity index (χ4n) is 3.70. The normalized spacial score (nSPS) is 15.2. The van der Waals surface area contributed by atoms with Crippen LogP contribution in [-0.2, 0) is 17.9 Å². The SMILES string of the molecule is O=C1C(Sc2ccc(F)cc2)c2ccccc2N1Cc1cn(Cc2ccc(F)cc2)nn1. The maximum atomic E-state index is 13.3. The van der Waals surface area contributed by atoms with Gasteiger partial charge in [0, 0.05) is 10.6 Å². The number of hydrogen-bond donors (Lipinski definition) is 0. The first-order valence-electron chi connectivity index (χ1n) is 10.0. The van der Waals surface area contributed by atoms with Gasteiger partial charge in [0.05, 0.1) is 19.3 Å². The average Bonchev–Trinajstić information content (AvgIpc) is 3.35. The van der Waals surface area contributed by atoms with Gasteiger partial charge < -0.3 is 4.90 Å². The molecular weight excluding hydrogens is 430 g/mol. The maximum Gasteiger partial charge on any atom is 0.245 e. The van der Waals surface area contributed by atoms with Crippen LogP contribution in [-0.4, -0.2) is 20.9 Å². The molecule has 1 aromatic heterocycles. The first-order chi connectivity index (χ1) is 15.6. The summed E-state index contributed by atoms with van der Waals surface area (Å²) in [4.78, 5) is 15.8. The number of rotatable bonds is 6. The minimum atomic E-state index is -0.411. The lowest BCUT2D eigenvalue weighted by atomic mass is 10.1. The van der Waals surface area contributed by atoms with Crippen LogP contribution in [0.25, 0.3) is 0 Å². The molecule has 5 nitrogen and oxygen atoms in total. The monoisotopic (exact) mass is 448 g/mol. The van der Waals surface area contributed by atoms with E-state index in [4.69, 9.17) is 0 Å². The number of benzene rings is 3. The number of anilines is 1. The third-order valence-electron chi connectivity index (χ3n) is 5.23. The van der Waals surface area contributed by atoms with E-state index in [9.17, 15) is 13.6 Å². The number of amides is 1. The summed E-state index contributed by atoms with van der Waals surface area (Å²) in [6.07, 6.45) is 1.79.